The molecule has 0 heterocycles. The number of carbonyl (C=O) groups excluding carboxylic acids is 4. The SMILES string of the molecule is COC(=O)[C@H]1[C@H](C(C)=O)[C@@H](OC(C)=O)C[C@H]2[C@]3(C)CC[C@H]4C(C)(C)CCC[C@]4(COC(C)=O)[C@H]3C[C@@H](O)[C@]12C. The minimum absolute atomic E-state index is 0.0286. The largest absolute Gasteiger partial charge is 0.469 e. The Morgan fingerprint density at radius 3 is 2.10 bits per heavy atom. The van der Waals surface area contributed by atoms with Gasteiger partial charge in [0.1, 0.15) is 11.9 Å². The maximum Gasteiger partial charge on any atom is 0.310 e. The molecule has 0 aromatic carbocycles. The van der Waals surface area contributed by atoms with Crippen LogP contribution in [0.2, 0.25) is 0 Å². The van der Waals surface area contributed by atoms with E-state index in [4.69, 9.17) is 14.2 Å². The van der Waals surface area contributed by atoms with Crippen LogP contribution in [0.15, 0.2) is 0 Å². The molecule has 0 amide bonds. The average Bonchev–Trinajstić information content (AvgIpc) is 2.83. The summed E-state index contributed by atoms with van der Waals surface area (Å²) in [7, 11) is 1.30. The molecule has 0 radical (unpaired) electrons. The smallest absolute Gasteiger partial charge is 0.310 e. The van der Waals surface area contributed by atoms with Crippen molar-refractivity contribution in [3.05, 3.63) is 0 Å². The van der Waals surface area contributed by atoms with Crippen LogP contribution in [-0.4, -0.2) is 54.7 Å². The van der Waals surface area contributed by atoms with E-state index in [2.05, 4.69) is 20.8 Å². The Kier molecular flexibility index (Phi) is 7.81. The van der Waals surface area contributed by atoms with Crippen molar-refractivity contribution in [1.29, 1.82) is 0 Å². The Bertz CT molecular complexity index is 1020. The molecule has 39 heavy (non-hydrogen) atoms. The number of methoxy groups -OCH3 is 1. The van der Waals surface area contributed by atoms with E-state index in [-0.39, 0.29) is 39.8 Å². The zero-order chi connectivity index (χ0) is 29.1. The molecule has 4 aliphatic carbocycles. The molecule has 8 heteroatoms. The first-order chi connectivity index (χ1) is 18.1. The third-order valence-corrected chi connectivity index (χ3v) is 12.0. The number of hydrogen-bond acceptors (Lipinski definition) is 8. The van der Waals surface area contributed by atoms with Crippen LogP contribution in [-0.2, 0) is 33.4 Å². The van der Waals surface area contributed by atoms with Crippen LogP contribution in [0.4, 0.5) is 0 Å². The van der Waals surface area contributed by atoms with Crippen LogP contribution in [0.1, 0.15) is 93.4 Å². The number of rotatable bonds is 5. The van der Waals surface area contributed by atoms with Crippen molar-refractivity contribution in [2.45, 2.75) is 106 Å². The zero-order valence-electron chi connectivity index (χ0n) is 25.0. The van der Waals surface area contributed by atoms with Crippen molar-refractivity contribution in [3.63, 3.8) is 0 Å². The van der Waals surface area contributed by atoms with E-state index in [0.29, 0.717) is 25.4 Å². The highest BCUT2D eigenvalue weighted by Crippen LogP contribution is 2.73. The van der Waals surface area contributed by atoms with E-state index < -0.39 is 41.4 Å². The molecule has 1 N–H and O–H groups in total. The van der Waals surface area contributed by atoms with Gasteiger partial charge >= 0.3 is 17.9 Å². The van der Waals surface area contributed by atoms with Crippen molar-refractivity contribution in [3.8, 4) is 0 Å². The highest BCUT2D eigenvalue weighted by Gasteiger charge is 2.72. The standard InChI is InChI=1S/C31H48O8/c1-17(32)25-20(39-19(3)34)14-22-29(6)13-10-21-28(4,5)11-9-12-31(21,16-38-18(2)33)23(29)15-24(35)30(22,7)26(25)27(36)37-8/h20-26,35H,9-16H2,1-8H3/t20-,21-,22-,23-,24+,25+,26+,29-,30+,31+/m0/s1. The minimum atomic E-state index is -0.953. The predicted octanol–water partition coefficient (Wildman–Crippen LogP) is 4.50. The predicted molar refractivity (Wildman–Crippen MR) is 143 cm³/mol. The summed E-state index contributed by atoms with van der Waals surface area (Å²) in [5, 5.41) is 12.1. The van der Waals surface area contributed by atoms with Gasteiger partial charge in [-0.25, -0.2) is 0 Å². The summed E-state index contributed by atoms with van der Waals surface area (Å²) in [6.45, 7) is 13.3. The fraction of sp³-hybridized carbons (Fsp3) is 0.871. The molecule has 4 saturated carbocycles. The number of carbonyl (C=O) groups is 4. The monoisotopic (exact) mass is 548 g/mol. The fourth-order valence-electron chi connectivity index (χ4n) is 10.5. The van der Waals surface area contributed by atoms with Gasteiger partial charge in [-0.2, -0.15) is 0 Å². The van der Waals surface area contributed by atoms with Crippen LogP contribution in [0.25, 0.3) is 0 Å². The fourth-order valence-corrected chi connectivity index (χ4v) is 10.5. The van der Waals surface area contributed by atoms with Crippen molar-refractivity contribution in [2.24, 2.45) is 51.2 Å². The second kappa shape index (κ2) is 10.1. The van der Waals surface area contributed by atoms with Crippen molar-refractivity contribution >= 4 is 23.7 Å². The van der Waals surface area contributed by atoms with Gasteiger partial charge in [0.25, 0.3) is 0 Å². The maximum absolute atomic E-state index is 13.5. The third kappa shape index (κ3) is 4.53. The quantitative estimate of drug-likeness (QED) is 0.395. The molecule has 8 nitrogen and oxygen atoms in total. The third-order valence-electron chi connectivity index (χ3n) is 12.0. The molecule has 4 rings (SSSR count). The molecule has 0 aromatic heterocycles. The number of aliphatic hydroxyl groups is 1. The molecular weight excluding hydrogens is 500 g/mol. The lowest BCUT2D eigenvalue weighted by molar-refractivity contribution is -0.272. The molecule has 0 spiro atoms. The first kappa shape index (κ1) is 30.0. The van der Waals surface area contributed by atoms with E-state index in [0.717, 1.165) is 32.1 Å². The highest BCUT2D eigenvalue weighted by molar-refractivity contribution is 5.87. The Labute approximate surface area is 232 Å². The average molecular weight is 549 g/mol. The van der Waals surface area contributed by atoms with Gasteiger partial charge in [0.2, 0.25) is 0 Å². The molecule has 4 fully saturated rings. The minimum Gasteiger partial charge on any atom is -0.469 e. The molecule has 0 unspecified atom stereocenters. The van der Waals surface area contributed by atoms with Crippen LogP contribution in [0.3, 0.4) is 0 Å². The summed E-state index contributed by atoms with van der Waals surface area (Å²) in [6.07, 6.45) is 4.03. The maximum atomic E-state index is 13.5. The number of hydrogen-bond donors (Lipinski definition) is 1. The number of ether oxygens (including phenoxy) is 3. The van der Waals surface area contributed by atoms with Gasteiger partial charge in [-0.1, -0.05) is 34.1 Å². The molecule has 4 aliphatic rings. The van der Waals surface area contributed by atoms with Crippen LogP contribution >= 0.6 is 0 Å². The number of aliphatic hydroxyl groups excluding tert-OH is 1. The summed E-state index contributed by atoms with van der Waals surface area (Å²) < 4.78 is 16.8. The van der Waals surface area contributed by atoms with E-state index in [9.17, 15) is 24.3 Å². The molecular formula is C31H48O8. The Morgan fingerprint density at radius 1 is 0.872 bits per heavy atom. The van der Waals surface area contributed by atoms with Crippen molar-refractivity contribution in [2.75, 3.05) is 13.7 Å². The highest BCUT2D eigenvalue weighted by atomic mass is 16.5. The number of Topliss-reactive ketones (excluding diaryl/α,β-unsaturated/α-hetero) is 1. The molecule has 220 valence electrons. The first-order valence-electron chi connectivity index (χ1n) is 14.6. The molecule has 0 aromatic rings. The summed E-state index contributed by atoms with van der Waals surface area (Å²) in [4.78, 5) is 50.8. The summed E-state index contributed by atoms with van der Waals surface area (Å²) in [6, 6.07) is 0. The second-order valence-corrected chi connectivity index (χ2v) is 14.2. The normalized spacial score (nSPS) is 44.6. The zero-order valence-corrected chi connectivity index (χ0v) is 25.0. The first-order valence-corrected chi connectivity index (χ1v) is 14.6. The van der Waals surface area contributed by atoms with Gasteiger partial charge in [-0.15, -0.1) is 0 Å². The summed E-state index contributed by atoms with van der Waals surface area (Å²) in [5.41, 5.74) is -1.54. The van der Waals surface area contributed by atoms with Gasteiger partial charge < -0.3 is 19.3 Å². The molecule has 0 bridgehead atoms. The Hall–Kier alpha value is -1.96. The van der Waals surface area contributed by atoms with Crippen molar-refractivity contribution in [1.82, 2.24) is 0 Å². The van der Waals surface area contributed by atoms with E-state index >= 15 is 0 Å². The van der Waals surface area contributed by atoms with Crippen molar-refractivity contribution < 1.29 is 38.5 Å². The topological polar surface area (TPSA) is 116 Å². The van der Waals surface area contributed by atoms with E-state index in [1.807, 2.05) is 6.92 Å². The van der Waals surface area contributed by atoms with Crippen LogP contribution < -0.4 is 0 Å². The Morgan fingerprint density at radius 2 is 1.54 bits per heavy atom. The number of ketones is 1. The van der Waals surface area contributed by atoms with Gasteiger partial charge in [0.15, 0.2) is 0 Å². The second-order valence-electron chi connectivity index (χ2n) is 14.2. The van der Waals surface area contributed by atoms with E-state index in [1.54, 1.807) is 0 Å². The molecule has 0 saturated heterocycles. The van der Waals surface area contributed by atoms with Gasteiger partial charge in [0.05, 0.1) is 31.7 Å². The Balaban J connectivity index is 1.89. The lowest BCUT2D eigenvalue weighted by Crippen LogP contribution is -2.71. The van der Waals surface area contributed by atoms with Gasteiger partial charge in [0, 0.05) is 24.7 Å². The number of esters is 3. The van der Waals surface area contributed by atoms with Gasteiger partial charge in [-0.3, -0.25) is 19.2 Å². The van der Waals surface area contributed by atoms with Gasteiger partial charge in [-0.05, 0) is 74.0 Å². The molecule has 0 aliphatic heterocycles. The van der Waals surface area contributed by atoms with Crippen LogP contribution in [0, 0.1) is 51.2 Å². The number of fused-ring (bicyclic) bond motifs is 5. The lowest BCUT2D eigenvalue weighted by atomic mass is 9.33. The lowest BCUT2D eigenvalue weighted by Gasteiger charge is -2.71. The van der Waals surface area contributed by atoms with Crippen LogP contribution in [0.5, 0.6) is 0 Å². The molecule has 10 atom stereocenters. The summed E-state index contributed by atoms with van der Waals surface area (Å²) >= 11 is 0. The van der Waals surface area contributed by atoms with E-state index in [1.165, 1.54) is 27.9 Å². The summed E-state index contributed by atoms with van der Waals surface area (Å²) in [5.74, 6) is -3.31.